The molecule has 2 aromatic heterocycles. The molecule has 3 aromatic rings. The molecule has 5 heteroatoms. The SMILES string of the molecule is Cc1cnc(C(N)Cc2nc3ccccc3n2C)cn1. The van der Waals surface area contributed by atoms with E-state index in [-0.39, 0.29) is 6.04 Å². The van der Waals surface area contributed by atoms with Crippen molar-refractivity contribution in [1.29, 1.82) is 0 Å². The molecule has 2 N–H and O–H groups in total. The Labute approximate surface area is 117 Å². The summed E-state index contributed by atoms with van der Waals surface area (Å²) >= 11 is 0. The molecule has 0 aliphatic heterocycles. The molecule has 0 saturated heterocycles. The largest absolute Gasteiger partial charge is 0.331 e. The van der Waals surface area contributed by atoms with Crippen LogP contribution in [0.2, 0.25) is 0 Å². The topological polar surface area (TPSA) is 69.6 Å². The Bertz CT molecular complexity index is 730. The van der Waals surface area contributed by atoms with Crippen LogP contribution < -0.4 is 5.73 Å². The molecular weight excluding hydrogens is 250 g/mol. The van der Waals surface area contributed by atoms with Gasteiger partial charge in [0, 0.05) is 19.7 Å². The van der Waals surface area contributed by atoms with Crippen molar-refractivity contribution in [2.75, 3.05) is 0 Å². The highest BCUT2D eigenvalue weighted by molar-refractivity contribution is 5.75. The van der Waals surface area contributed by atoms with Gasteiger partial charge in [0.25, 0.3) is 0 Å². The van der Waals surface area contributed by atoms with Crippen LogP contribution in [0.4, 0.5) is 0 Å². The first-order chi connectivity index (χ1) is 9.65. The average Bonchev–Trinajstić information content (AvgIpc) is 2.77. The standard InChI is InChI=1S/C15H17N5/c1-10-8-18-13(9-17-10)11(16)7-15-19-12-5-3-4-6-14(12)20(15)2/h3-6,8-9,11H,7,16H2,1-2H3. The molecule has 0 bridgehead atoms. The molecule has 1 aromatic carbocycles. The fraction of sp³-hybridized carbons (Fsp3) is 0.267. The second-order valence-corrected chi connectivity index (χ2v) is 4.97. The molecule has 1 atom stereocenters. The van der Waals surface area contributed by atoms with Gasteiger partial charge in [-0.15, -0.1) is 0 Å². The minimum atomic E-state index is -0.196. The van der Waals surface area contributed by atoms with Crippen molar-refractivity contribution in [3.8, 4) is 0 Å². The highest BCUT2D eigenvalue weighted by Crippen LogP contribution is 2.18. The Balaban J connectivity index is 1.89. The molecule has 1 unspecified atom stereocenters. The number of benzene rings is 1. The molecule has 0 radical (unpaired) electrons. The summed E-state index contributed by atoms with van der Waals surface area (Å²) in [6.07, 6.45) is 4.12. The number of rotatable bonds is 3. The molecule has 0 amide bonds. The molecule has 2 heterocycles. The Morgan fingerprint density at radius 1 is 1.20 bits per heavy atom. The highest BCUT2D eigenvalue weighted by Gasteiger charge is 2.14. The van der Waals surface area contributed by atoms with E-state index in [2.05, 4.69) is 25.6 Å². The van der Waals surface area contributed by atoms with Crippen LogP contribution in [0.1, 0.15) is 23.3 Å². The molecular formula is C15H17N5. The summed E-state index contributed by atoms with van der Waals surface area (Å²) < 4.78 is 2.08. The van der Waals surface area contributed by atoms with Gasteiger partial charge in [-0.2, -0.15) is 0 Å². The zero-order valence-corrected chi connectivity index (χ0v) is 11.6. The van der Waals surface area contributed by atoms with Crippen LogP contribution >= 0.6 is 0 Å². The Morgan fingerprint density at radius 2 is 2.00 bits per heavy atom. The summed E-state index contributed by atoms with van der Waals surface area (Å²) in [6, 6.07) is 7.88. The zero-order valence-electron chi connectivity index (χ0n) is 11.6. The van der Waals surface area contributed by atoms with Crippen LogP contribution in [0.25, 0.3) is 11.0 Å². The summed E-state index contributed by atoms with van der Waals surface area (Å²) in [5.41, 5.74) is 10.0. The molecule has 0 spiro atoms. The third kappa shape index (κ3) is 2.28. The second kappa shape index (κ2) is 5.02. The van der Waals surface area contributed by atoms with Crippen LogP contribution in [0.3, 0.4) is 0 Å². The molecule has 5 nitrogen and oxygen atoms in total. The minimum absolute atomic E-state index is 0.196. The van der Waals surface area contributed by atoms with Gasteiger partial charge in [0.05, 0.1) is 34.7 Å². The van der Waals surface area contributed by atoms with E-state index in [4.69, 9.17) is 5.73 Å². The van der Waals surface area contributed by atoms with Crippen molar-refractivity contribution in [3.05, 3.63) is 53.9 Å². The normalized spacial score (nSPS) is 12.8. The second-order valence-electron chi connectivity index (χ2n) is 4.97. The van der Waals surface area contributed by atoms with Gasteiger partial charge in [0.2, 0.25) is 0 Å². The van der Waals surface area contributed by atoms with Gasteiger partial charge in [-0.3, -0.25) is 9.97 Å². The number of nitrogens with zero attached hydrogens (tertiary/aromatic N) is 4. The van der Waals surface area contributed by atoms with Gasteiger partial charge >= 0.3 is 0 Å². The molecule has 0 aliphatic rings. The molecule has 20 heavy (non-hydrogen) atoms. The van der Waals surface area contributed by atoms with Crippen LogP contribution in [0.5, 0.6) is 0 Å². The number of imidazole rings is 1. The monoisotopic (exact) mass is 267 g/mol. The third-order valence-corrected chi connectivity index (χ3v) is 3.46. The van der Waals surface area contributed by atoms with Crippen LogP contribution in [0.15, 0.2) is 36.7 Å². The van der Waals surface area contributed by atoms with Gasteiger partial charge in [0.15, 0.2) is 0 Å². The van der Waals surface area contributed by atoms with Gasteiger partial charge in [-0.1, -0.05) is 12.1 Å². The molecule has 0 aliphatic carbocycles. The predicted molar refractivity (Wildman–Crippen MR) is 78.1 cm³/mol. The van der Waals surface area contributed by atoms with E-state index in [1.54, 1.807) is 12.4 Å². The van der Waals surface area contributed by atoms with Crippen molar-refractivity contribution in [2.45, 2.75) is 19.4 Å². The van der Waals surface area contributed by atoms with E-state index in [9.17, 15) is 0 Å². The first-order valence-electron chi connectivity index (χ1n) is 6.59. The number of aromatic nitrogens is 4. The Hall–Kier alpha value is -2.27. The van der Waals surface area contributed by atoms with Crippen molar-refractivity contribution in [2.24, 2.45) is 12.8 Å². The number of hydrogen-bond donors (Lipinski definition) is 1. The number of fused-ring (bicyclic) bond motifs is 1. The Morgan fingerprint density at radius 3 is 2.70 bits per heavy atom. The van der Waals surface area contributed by atoms with E-state index in [1.165, 1.54) is 0 Å². The van der Waals surface area contributed by atoms with Gasteiger partial charge < -0.3 is 10.3 Å². The maximum absolute atomic E-state index is 6.21. The van der Waals surface area contributed by atoms with Crippen LogP contribution in [-0.2, 0) is 13.5 Å². The summed E-state index contributed by atoms with van der Waals surface area (Å²) in [5, 5.41) is 0. The molecule has 102 valence electrons. The summed E-state index contributed by atoms with van der Waals surface area (Å²) in [4.78, 5) is 13.2. The van der Waals surface area contributed by atoms with Crippen LogP contribution in [0, 0.1) is 6.92 Å². The lowest BCUT2D eigenvalue weighted by atomic mass is 10.1. The minimum Gasteiger partial charge on any atom is -0.331 e. The van der Waals surface area contributed by atoms with Gasteiger partial charge in [-0.25, -0.2) is 4.98 Å². The predicted octanol–water partition coefficient (Wildman–Crippen LogP) is 1.91. The highest BCUT2D eigenvalue weighted by atomic mass is 15.1. The maximum atomic E-state index is 6.21. The smallest absolute Gasteiger partial charge is 0.111 e. The summed E-state index contributed by atoms with van der Waals surface area (Å²) in [7, 11) is 2.01. The van der Waals surface area contributed by atoms with E-state index in [0.29, 0.717) is 6.42 Å². The van der Waals surface area contributed by atoms with Crippen LogP contribution in [-0.4, -0.2) is 19.5 Å². The molecule has 0 saturated carbocycles. The lowest BCUT2D eigenvalue weighted by molar-refractivity contribution is 0.644. The lowest BCUT2D eigenvalue weighted by Gasteiger charge is -2.10. The zero-order chi connectivity index (χ0) is 14.1. The first kappa shape index (κ1) is 12.7. The van der Waals surface area contributed by atoms with Crippen molar-refractivity contribution >= 4 is 11.0 Å². The number of aryl methyl sites for hydroxylation is 2. The quantitative estimate of drug-likeness (QED) is 0.787. The maximum Gasteiger partial charge on any atom is 0.111 e. The summed E-state index contributed by atoms with van der Waals surface area (Å²) in [5.74, 6) is 0.959. The summed E-state index contributed by atoms with van der Waals surface area (Å²) in [6.45, 7) is 1.91. The van der Waals surface area contributed by atoms with E-state index in [1.807, 2.05) is 32.2 Å². The number of nitrogens with two attached hydrogens (primary N) is 1. The molecule has 3 rings (SSSR count). The van der Waals surface area contributed by atoms with Gasteiger partial charge in [0.1, 0.15) is 5.82 Å². The first-order valence-corrected chi connectivity index (χ1v) is 6.59. The van der Waals surface area contributed by atoms with E-state index >= 15 is 0 Å². The number of hydrogen-bond acceptors (Lipinski definition) is 4. The van der Waals surface area contributed by atoms with Crippen molar-refractivity contribution in [3.63, 3.8) is 0 Å². The Kier molecular flexibility index (Phi) is 3.20. The van der Waals surface area contributed by atoms with Crippen molar-refractivity contribution < 1.29 is 0 Å². The van der Waals surface area contributed by atoms with E-state index < -0.39 is 0 Å². The van der Waals surface area contributed by atoms with Crippen molar-refractivity contribution in [1.82, 2.24) is 19.5 Å². The number of para-hydroxylation sites is 2. The average molecular weight is 267 g/mol. The fourth-order valence-electron chi connectivity index (χ4n) is 2.27. The molecule has 0 fully saturated rings. The lowest BCUT2D eigenvalue weighted by Crippen LogP contribution is -2.17. The fourth-order valence-corrected chi connectivity index (χ4v) is 2.27. The van der Waals surface area contributed by atoms with E-state index in [0.717, 1.165) is 28.2 Å². The third-order valence-electron chi connectivity index (χ3n) is 3.46. The van der Waals surface area contributed by atoms with Gasteiger partial charge in [-0.05, 0) is 19.1 Å².